The van der Waals surface area contributed by atoms with Gasteiger partial charge in [0.2, 0.25) is 5.95 Å². The number of fused-ring (bicyclic) bond motifs is 1. The van der Waals surface area contributed by atoms with E-state index >= 15 is 0 Å². The molecule has 4 nitrogen and oxygen atoms in total. The van der Waals surface area contributed by atoms with Crippen LogP contribution in [0.2, 0.25) is 0 Å². The first-order valence-corrected chi connectivity index (χ1v) is 7.28. The number of benzene rings is 1. The van der Waals surface area contributed by atoms with E-state index in [1.54, 1.807) is 0 Å². The molecule has 2 heterocycles. The Morgan fingerprint density at radius 1 is 1.33 bits per heavy atom. The van der Waals surface area contributed by atoms with E-state index in [9.17, 15) is 0 Å². The van der Waals surface area contributed by atoms with E-state index in [4.69, 9.17) is 5.73 Å². The third kappa shape index (κ3) is 1.99. The van der Waals surface area contributed by atoms with Crippen LogP contribution >= 0.6 is 11.8 Å². The molecule has 0 amide bonds. The minimum atomic E-state index is 0.356. The average molecular weight is 260 g/mol. The van der Waals surface area contributed by atoms with Crippen molar-refractivity contribution in [3.8, 4) is 0 Å². The summed E-state index contributed by atoms with van der Waals surface area (Å²) in [5, 5.41) is 1.09. The number of anilines is 2. The Morgan fingerprint density at radius 2 is 2.17 bits per heavy atom. The van der Waals surface area contributed by atoms with E-state index in [1.165, 1.54) is 0 Å². The first-order chi connectivity index (χ1) is 8.75. The fourth-order valence-electron chi connectivity index (χ4n) is 2.34. The molecular weight excluding hydrogens is 244 g/mol. The minimum Gasteiger partial charge on any atom is -0.368 e. The number of nitrogens with two attached hydrogens (primary N) is 1. The minimum absolute atomic E-state index is 0.356. The molecule has 2 N–H and O–H groups in total. The third-order valence-electron chi connectivity index (χ3n) is 3.24. The number of rotatable bonds is 1. The number of nitrogens with zero attached hydrogens (tertiary/aromatic N) is 3. The number of thioether (sulfide) groups is 1. The van der Waals surface area contributed by atoms with Crippen molar-refractivity contribution < 1.29 is 0 Å². The van der Waals surface area contributed by atoms with Crippen LogP contribution in [0.3, 0.4) is 0 Å². The van der Waals surface area contributed by atoms with Crippen LogP contribution in [0.15, 0.2) is 24.3 Å². The van der Waals surface area contributed by atoms with Crippen molar-refractivity contribution in [1.29, 1.82) is 0 Å². The molecule has 5 heteroatoms. The van der Waals surface area contributed by atoms with Crippen LogP contribution in [0.5, 0.6) is 0 Å². The van der Waals surface area contributed by atoms with E-state index in [0.717, 1.165) is 34.8 Å². The van der Waals surface area contributed by atoms with Crippen LogP contribution < -0.4 is 10.6 Å². The molecule has 2 aromatic rings. The SMILES string of the molecule is CC1CSCCN1c1nc(N)nc2ccccc12. The highest BCUT2D eigenvalue weighted by Gasteiger charge is 2.22. The first kappa shape index (κ1) is 11.6. The van der Waals surface area contributed by atoms with Gasteiger partial charge in [0.15, 0.2) is 0 Å². The third-order valence-corrected chi connectivity index (χ3v) is 4.43. The summed E-state index contributed by atoms with van der Waals surface area (Å²) in [7, 11) is 0. The first-order valence-electron chi connectivity index (χ1n) is 6.12. The van der Waals surface area contributed by atoms with Crippen molar-refractivity contribution in [2.24, 2.45) is 0 Å². The number of aromatic nitrogens is 2. The quantitative estimate of drug-likeness (QED) is 0.851. The van der Waals surface area contributed by atoms with Gasteiger partial charge in [0.25, 0.3) is 0 Å². The highest BCUT2D eigenvalue weighted by molar-refractivity contribution is 7.99. The Hall–Kier alpha value is -1.49. The van der Waals surface area contributed by atoms with Gasteiger partial charge in [-0.25, -0.2) is 4.98 Å². The second kappa shape index (κ2) is 4.65. The van der Waals surface area contributed by atoms with Crippen LogP contribution in [0.4, 0.5) is 11.8 Å². The van der Waals surface area contributed by atoms with Gasteiger partial charge in [-0.05, 0) is 19.1 Å². The van der Waals surface area contributed by atoms with Crippen LogP contribution in [0.25, 0.3) is 10.9 Å². The lowest BCUT2D eigenvalue weighted by Gasteiger charge is -2.34. The van der Waals surface area contributed by atoms with Gasteiger partial charge in [0.05, 0.1) is 5.52 Å². The van der Waals surface area contributed by atoms with Gasteiger partial charge in [-0.3, -0.25) is 0 Å². The molecule has 0 saturated carbocycles. The lowest BCUT2D eigenvalue weighted by molar-refractivity contribution is 0.692. The lowest BCUT2D eigenvalue weighted by atomic mass is 10.2. The molecule has 0 spiro atoms. The number of hydrogen-bond acceptors (Lipinski definition) is 5. The highest BCUT2D eigenvalue weighted by atomic mass is 32.2. The molecular formula is C13H16N4S. The molecule has 1 aromatic heterocycles. The van der Waals surface area contributed by atoms with Gasteiger partial charge >= 0.3 is 0 Å². The Balaban J connectivity index is 2.15. The second-order valence-corrected chi connectivity index (χ2v) is 5.69. The van der Waals surface area contributed by atoms with Gasteiger partial charge < -0.3 is 10.6 Å². The van der Waals surface area contributed by atoms with Crippen molar-refractivity contribution in [1.82, 2.24) is 9.97 Å². The molecule has 3 rings (SSSR count). The summed E-state index contributed by atoms with van der Waals surface area (Å²) in [5.74, 6) is 3.61. The van der Waals surface area contributed by atoms with Gasteiger partial charge in [-0.1, -0.05) is 12.1 Å². The normalized spacial score (nSPS) is 20.3. The molecule has 0 bridgehead atoms. The van der Waals surface area contributed by atoms with Crippen molar-refractivity contribution >= 4 is 34.4 Å². The predicted molar refractivity (Wildman–Crippen MR) is 78.1 cm³/mol. The standard InChI is InChI=1S/C13H16N4S/c1-9-8-18-7-6-17(9)12-10-4-2-3-5-11(10)15-13(14)16-12/h2-5,9H,6-8H2,1H3,(H2,14,15,16). The molecule has 1 unspecified atom stereocenters. The zero-order chi connectivity index (χ0) is 12.5. The van der Waals surface area contributed by atoms with Crippen molar-refractivity contribution in [2.75, 3.05) is 28.7 Å². The maximum Gasteiger partial charge on any atom is 0.222 e. The van der Waals surface area contributed by atoms with Crippen molar-refractivity contribution in [3.63, 3.8) is 0 Å². The van der Waals surface area contributed by atoms with Gasteiger partial charge in [0, 0.05) is 29.5 Å². The largest absolute Gasteiger partial charge is 0.368 e. The maximum atomic E-state index is 5.82. The number of nitrogen functional groups attached to an aromatic ring is 1. The molecule has 1 fully saturated rings. The topological polar surface area (TPSA) is 55.0 Å². The van der Waals surface area contributed by atoms with E-state index in [0.29, 0.717) is 12.0 Å². The van der Waals surface area contributed by atoms with Crippen LogP contribution in [0.1, 0.15) is 6.92 Å². The summed E-state index contributed by atoms with van der Waals surface area (Å²) >= 11 is 1.99. The predicted octanol–water partition coefficient (Wildman–Crippen LogP) is 2.15. The van der Waals surface area contributed by atoms with Crippen LogP contribution in [-0.2, 0) is 0 Å². The summed E-state index contributed by atoms with van der Waals surface area (Å²) < 4.78 is 0. The molecule has 1 saturated heterocycles. The fourth-order valence-corrected chi connectivity index (χ4v) is 3.35. The zero-order valence-electron chi connectivity index (χ0n) is 10.3. The second-order valence-electron chi connectivity index (χ2n) is 4.54. The summed E-state index contributed by atoms with van der Waals surface area (Å²) in [5.41, 5.74) is 6.74. The molecule has 1 atom stereocenters. The Labute approximate surface area is 111 Å². The lowest BCUT2D eigenvalue weighted by Crippen LogP contribution is -2.41. The Bertz CT molecular complexity index is 572. The van der Waals surface area contributed by atoms with Crippen LogP contribution in [-0.4, -0.2) is 34.1 Å². The van der Waals surface area contributed by atoms with E-state index in [1.807, 2.05) is 30.0 Å². The Morgan fingerprint density at radius 3 is 3.00 bits per heavy atom. The van der Waals surface area contributed by atoms with E-state index in [-0.39, 0.29) is 0 Å². The van der Waals surface area contributed by atoms with Gasteiger partial charge in [-0.2, -0.15) is 16.7 Å². The molecule has 1 aromatic carbocycles. The summed E-state index contributed by atoms with van der Waals surface area (Å²) in [6.45, 7) is 3.26. The van der Waals surface area contributed by atoms with Crippen molar-refractivity contribution in [3.05, 3.63) is 24.3 Å². The summed E-state index contributed by atoms with van der Waals surface area (Å²) in [6, 6.07) is 8.54. The van der Waals surface area contributed by atoms with Crippen LogP contribution in [0, 0.1) is 0 Å². The molecule has 1 aliphatic rings. The average Bonchev–Trinajstić information content (AvgIpc) is 2.38. The number of para-hydroxylation sites is 1. The Kier molecular flexibility index (Phi) is 2.99. The molecule has 0 aliphatic carbocycles. The maximum absolute atomic E-state index is 5.82. The van der Waals surface area contributed by atoms with E-state index in [2.05, 4.69) is 27.9 Å². The van der Waals surface area contributed by atoms with Gasteiger partial charge in [0.1, 0.15) is 5.82 Å². The smallest absolute Gasteiger partial charge is 0.222 e. The molecule has 1 aliphatic heterocycles. The van der Waals surface area contributed by atoms with Gasteiger partial charge in [-0.15, -0.1) is 0 Å². The summed E-state index contributed by atoms with van der Waals surface area (Å²) in [6.07, 6.45) is 0. The van der Waals surface area contributed by atoms with Crippen molar-refractivity contribution in [2.45, 2.75) is 13.0 Å². The highest BCUT2D eigenvalue weighted by Crippen LogP contribution is 2.29. The molecule has 0 radical (unpaired) electrons. The number of hydrogen-bond donors (Lipinski definition) is 1. The monoisotopic (exact) mass is 260 g/mol. The zero-order valence-corrected chi connectivity index (χ0v) is 11.2. The summed E-state index contributed by atoms with van der Waals surface area (Å²) in [4.78, 5) is 11.1. The molecule has 18 heavy (non-hydrogen) atoms. The van der Waals surface area contributed by atoms with E-state index < -0.39 is 0 Å². The molecule has 94 valence electrons. The fraction of sp³-hybridized carbons (Fsp3) is 0.385.